The Hall–Kier alpha value is -1.39. The van der Waals surface area contributed by atoms with Crippen LogP contribution in [0.25, 0.3) is 5.82 Å². The maximum absolute atomic E-state index is 5.98. The van der Waals surface area contributed by atoms with E-state index in [9.17, 15) is 0 Å². The Morgan fingerprint density at radius 3 is 2.88 bits per heavy atom. The molecular formula is C12H15ClN4. The molecule has 0 aliphatic rings. The maximum atomic E-state index is 5.98. The van der Waals surface area contributed by atoms with Crippen molar-refractivity contribution in [2.45, 2.75) is 20.4 Å². The molecule has 0 aromatic carbocycles. The van der Waals surface area contributed by atoms with E-state index in [0.29, 0.717) is 5.02 Å². The molecule has 5 heteroatoms. The third-order valence-corrected chi connectivity index (χ3v) is 2.79. The molecule has 0 aliphatic heterocycles. The molecule has 0 atom stereocenters. The minimum atomic E-state index is 0.656. The summed E-state index contributed by atoms with van der Waals surface area (Å²) < 4.78 is 1.70. The predicted octanol–water partition coefficient (Wildman–Crippen LogP) is 2.34. The molecule has 4 nitrogen and oxygen atoms in total. The summed E-state index contributed by atoms with van der Waals surface area (Å²) in [4.78, 5) is 4.51. The molecule has 2 rings (SSSR count). The van der Waals surface area contributed by atoms with Crippen molar-refractivity contribution in [3.63, 3.8) is 0 Å². The van der Waals surface area contributed by atoms with E-state index in [1.165, 1.54) is 0 Å². The molecule has 2 heterocycles. The van der Waals surface area contributed by atoms with Gasteiger partial charge in [0.2, 0.25) is 0 Å². The van der Waals surface area contributed by atoms with Gasteiger partial charge in [0.1, 0.15) is 0 Å². The summed E-state index contributed by atoms with van der Waals surface area (Å²) in [6.45, 7) is 5.64. The number of pyridine rings is 1. The van der Waals surface area contributed by atoms with Crippen molar-refractivity contribution in [1.29, 1.82) is 0 Å². The minimum absolute atomic E-state index is 0.656. The molecule has 0 aliphatic carbocycles. The van der Waals surface area contributed by atoms with Crippen molar-refractivity contribution >= 4 is 11.6 Å². The van der Waals surface area contributed by atoms with Gasteiger partial charge in [-0.1, -0.05) is 24.6 Å². The first-order chi connectivity index (χ1) is 8.20. The Kier molecular flexibility index (Phi) is 3.76. The highest BCUT2D eigenvalue weighted by Gasteiger charge is 2.05. The number of rotatable bonds is 4. The van der Waals surface area contributed by atoms with Crippen LogP contribution in [0.1, 0.15) is 18.3 Å². The highest BCUT2D eigenvalue weighted by atomic mass is 35.5. The smallest absolute Gasteiger partial charge is 0.153 e. The lowest BCUT2D eigenvalue weighted by Crippen LogP contribution is -2.13. The highest BCUT2D eigenvalue weighted by molar-refractivity contribution is 6.31. The largest absolute Gasteiger partial charge is 0.311 e. The van der Waals surface area contributed by atoms with Gasteiger partial charge in [-0.25, -0.2) is 9.67 Å². The van der Waals surface area contributed by atoms with Crippen LogP contribution in [-0.2, 0) is 6.54 Å². The number of nitrogens with zero attached hydrogens (tertiary/aromatic N) is 3. The van der Waals surface area contributed by atoms with Gasteiger partial charge in [0.05, 0.1) is 22.6 Å². The average Bonchev–Trinajstić information content (AvgIpc) is 2.68. The van der Waals surface area contributed by atoms with E-state index in [1.807, 2.05) is 25.1 Å². The Bertz CT molecular complexity index is 487. The van der Waals surface area contributed by atoms with Gasteiger partial charge in [-0.3, -0.25) is 0 Å². The zero-order chi connectivity index (χ0) is 12.3. The molecule has 90 valence electrons. The summed E-state index contributed by atoms with van der Waals surface area (Å²) >= 11 is 5.98. The highest BCUT2D eigenvalue weighted by Crippen LogP contribution is 2.15. The van der Waals surface area contributed by atoms with Crippen LogP contribution in [0.15, 0.2) is 24.4 Å². The first kappa shape index (κ1) is 12.1. The summed E-state index contributed by atoms with van der Waals surface area (Å²) in [6, 6.07) is 5.88. The topological polar surface area (TPSA) is 42.7 Å². The molecule has 17 heavy (non-hydrogen) atoms. The lowest BCUT2D eigenvalue weighted by atomic mass is 10.3. The van der Waals surface area contributed by atoms with Crippen molar-refractivity contribution < 1.29 is 0 Å². The number of halogens is 1. The molecule has 0 spiro atoms. The van der Waals surface area contributed by atoms with Gasteiger partial charge in [0.15, 0.2) is 5.82 Å². The molecule has 2 aromatic heterocycles. The van der Waals surface area contributed by atoms with Crippen molar-refractivity contribution in [3.05, 3.63) is 40.8 Å². The third-order valence-electron chi connectivity index (χ3n) is 2.42. The number of hydrogen-bond acceptors (Lipinski definition) is 3. The predicted molar refractivity (Wildman–Crippen MR) is 68.5 cm³/mol. The second-order valence-electron chi connectivity index (χ2n) is 3.77. The summed E-state index contributed by atoms with van der Waals surface area (Å²) in [6.07, 6.45) is 1.77. The molecule has 0 unspecified atom stereocenters. The summed E-state index contributed by atoms with van der Waals surface area (Å²) in [5, 5.41) is 8.20. The fraction of sp³-hybridized carbons (Fsp3) is 0.333. The molecular weight excluding hydrogens is 236 g/mol. The normalized spacial score (nSPS) is 10.8. The second kappa shape index (κ2) is 5.29. The Morgan fingerprint density at radius 2 is 2.24 bits per heavy atom. The Morgan fingerprint density at radius 1 is 1.41 bits per heavy atom. The average molecular weight is 251 g/mol. The first-order valence-corrected chi connectivity index (χ1v) is 5.97. The fourth-order valence-corrected chi connectivity index (χ4v) is 1.63. The van der Waals surface area contributed by atoms with Crippen LogP contribution < -0.4 is 5.32 Å². The first-order valence-electron chi connectivity index (χ1n) is 5.59. The molecule has 2 aromatic rings. The third kappa shape index (κ3) is 2.84. The van der Waals surface area contributed by atoms with Crippen LogP contribution in [0.5, 0.6) is 0 Å². The van der Waals surface area contributed by atoms with Crippen LogP contribution in [0.2, 0.25) is 5.02 Å². The van der Waals surface area contributed by atoms with Crippen LogP contribution in [0, 0.1) is 6.92 Å². The van der Waals surface area contributed by atoms with Gasteiger partial charge >= 0.3 is 0 Å². The van der Waals surface area contributed by atoms with E-state index < -0.39 is 0 Å². The van der Waals surface area contributed by atoms with E-state index >= 15 is 0 Å². The Balaban J connectivity index is 2.26. The number of aryl methyl sites for hydroxylation is 1. The van der Waals surface area contributed by atoms with E-state index in [0.717, 1.165) is 30.3 Å². The van der Waals surface area contributed by atoms with Crippen LogP contribution in [0.4, 0.5) is 0 Å². The Labute approximate surface area is 106 Å². The van der Waals surface area contributed by atoms with Crippen molar-refractivity contribution in [1.82, 2.24) is 20.1 Å². The van der Waals surface area contributed by atoms with E-state index in [1.54, 1.807) is 10.9 Å². The molecule has 0 bridgehead atoms. The van der Waals surface area contributed by atoms with Crippen molar-refractivity contribution in [3.8, 4) is 5.82 Å². The van der Waals surface area contributed by atoms with Gasteiger partial charge in [-0.15, -0.1) is 0 Å². The van der Waals surface area contributed by atoms with Gasteiger partial charge in [0, 0.05) is 6.54 Å². The second-order valence-corrected chi connectivity index (χ2v) is 4.18. The lowest BCUT2D eigenvalue weighted by molar-refractivity contribution is 0.704. The summed E-state index contributed by atoms with van der Waals surface area (Å²) in [5.74, 6) is 0.787. The molecule has 1 N–H and O–H groups in total. The van der Waals surface area contributed by atoms with Crippen LogP contribution in [-0.4, -0.2) is 21.3 Å². The number of hydrogen-bond donors (Lipinski definition) is 1. The quantitative estimate of drug-likeness (QED) is 0.906. The molecule has 0 radical (unpaired) electrons. The molecule has 0 saturated carbocycles. The van der Waals surface area contributed by atoms with E-state index in [2.05, 4.69) is 22.3 Å². The van der Waals surface area contributed by atoms with Crippen LogP contribution in [0.3, 0.4) is 0 Å². The standard InChI is InChI=1S/C12H15ClN4/c1-3-14-7-10-5-4-6-12(15-10)17-8-11(13)9(2)16-17/h4-6,8,14H,3,7H2,1-2H3. The van der Waals surface area contributed by atoms with Gasteiger partial charge in [-0.2, -0.15) is 5.10 Å². The fourth-order valence-electron chi connectivity index (χ4n) is 1.50. The maximum Gasteiger partial charge on any atom is 0.153 e. The zero-order valence-electron chi connectivity index (χ0n) is 9.94. The number of aromatic nitrogens is 3. The zero-order valence-corrected chi connectivity index (χ0v) is 10.7. The minimum Gasteiger partial charge on any atom is -0.311 e. The monoisotopic (exact) mass is 250 g/mol. The SMILES string of the molecule is CCNCc1cccc(-n2cc(Cl)c(C)n2)n1. The van der Waals surface area contributed by atoms with Gasteiger partial charge in [-0.05, 0) is 25.6 Å². The molecule has 0 amide bonds. The van der Waals surface area contributed by atoms with Crippen LogP contribution >= 0.6 is 11.6 Å². The van der Waals surface area contributed by atoms with Crippen molar-refractivity contribution in [2.75, 3.05) is 6.54 Å². The summed E-state index contributed by atoms with van der Waals surface area (Å²) in [5.41, 5.74) is 1.80. The van der Waals surface area contributed by atoms with Gasteiger partial charge in [0.25, 0.3) is 0 Å². The lowest BCUT2D eigenvalue weighted by Gasteiger charge is -2.04. The van der Waals surface area contributed by atoms with E-state index in [4.69, 9.17) is 11.6 Å². The van der Waals surface area contributed by atoms with Gasteiger partial charge < -0.3 is 5.32 Å². The van der Waals surface area contributed by atoms with E-state index in [-0.39, 0.29) is 0 Å². The molecule has 0 fully saturated rings. The summed E-state index contributed by atoms with van der Waals surface area (Å²) in [7, 11) is 0. The number of nitrogens with one attached hydrogen (secondary N) is 1. The molecule has 0 saturated heterocycles. The van der Waals surface area contributed by atoms with Crippen molar-refractivity contribution in [2.24, 2.45) is 0 Å².